The van der Waals surface area contributed by atoms with E-state index in [1.54, 1.807) is 0 Å². The van der Waals surface area contributed by atoms with Crippen molar-refractivity contribution in [3.05, 3.63) is 23.5 Å². The normalized spacial score (nSPS) is 20.6. The number of nitrogens with one attached hydrogen (secondary N) is 1. The Hall–Kier alpha value is -1.38. The third kappa shape index (κ3) is 2.19. The zero-order valence-corrected chi connectivity index (χ0v) is 9.77. The van der Waals surface area contributed by atoms with Gasteiger partial charge in [-0.15, -0.1) is 0 Å². The second-order valence-corrected chi connectivity index (χ2v) is 5.38. The van der Waals surface area contributed by atoms with Gasteiger partial charge in [0.25, 0.3) is 0 Å². The molecule has 4 N–H and O–H groups in total. The molecule has 0 saturated carbocycles. The molecular formula is C9H13N3O4S. The summed E-state index contributed by atoms with van der Waals surface area (Å²) in [6.45, 7) is 1.44. The van der Waals surface area contributed by atoms with Crippen molar-refractivity contribution in [2.45, 2.75) is 12.3 Å². The number of carboxylic acids is 1. The SMILES string of the molecule is NS(=O)(=O)n1ccc(C2CCNC2)c1C(=O)O. The fraction of sp³-hybridized carbons (Fsp3) is 0.444. The Morgan fingerprint density at radius 1 is 1.59 bits per heavy atom. The Labute approximate surface area is 98.4 Å². The van der Waals surface area contributed by atoms with E-state index in [2.05, 4.69) is 5.32 Å². The van der Waals surface area contributed by atoms with Gasteiger partial charge in [0.05, 0.1) is 0 Å². The van der Waals surface area contributed by atoms with Gasteiger partial charge in [0.1, 0.15) is 5.69 Å². The molecule has 0 aromatic carbocycles. The molecule has 1 unspecified atom stereocenters. The minimum Gasteiger partial charge on any atom is -0.477 e. The molecule has 1 fully saturated rings. The van der Waals surface area contributed by atoms with Crippen molar-refractivity contribution in [3.63, 3.8) is 0 Å². The molecule has 94 valence electrons. The number of aromatic carboxylic acids is 1. The molecule has 1 aromatic heterocycles. The minimum atomic E-state index is -4.07. The minimum absolute atomic E-state index is 0.0177. The summed E-state index contributed by atoms with van der Waals surface area (Å²) in [4.78, 5) is 11.1. The molecule has 1 aliphatic rings. The maximum absolute atomic E-state index is 11.2. The first-order valence-electron chi connectivity index (χ1n) is 5.10. The monoisotopic (exact) mass is 259 g/mol. The van der Waals surface area contributed by atoms with E-state index in [1.165, 1.54) is 12.3 Å². The maximum atomic E-state index is 11.2. The molecule has 0 bridgehead atoms. The molecule has 0 spiro atoms. The van der Waals surface area contributed by atoms with Crippen molar-refractivity contribution in [2.75, 3.05) is 13.1 Å². The summed E-state index contributed by atoms with van der Waals surface area (Å²) in [5.41, 5.74) is 0.248. The fourth-order valence-corrected chi connectivity index (χ4v) is 2.78. The lowest BCUT2D eigenvalue weighted by atomic mass is 9.99. The summed E-state index contributed by atoms with van der Waals surface area (Å²) in [6, 6.07) is 1.51. The third-order valence-corrected chi connectivity index (χ3v) is 3.71. The fourth-order valence-electron chi connectivity index (χ4n) is 2.11. The van der Waals surface area contributed by atoms with Gasteiger partial charge in [-0.2, -0.15) is 8.42 Å². The highest BCUT2D eigenvalue weighted by molar-refractivity contribution is 7.87. The largest absolute Gasteiger partial charge is 0.477 e. The van der Waals surface area contributed by atoms with Gasteiger partial charge in [-0.1, -0.05) is 0 Å². The number of rotatable bonds is 3. The Kier molecular flexibility index (Phi) is 2.94. The number of nitrogens with zero attached hydrogens (tertiary/aromatic N) is 1. The van der Waals surface area contributed by atoms with Crippen LogP contribution in [0.4, 0.5) is 0 Å². The van der Waals surface area contributed by atoms with Crippen molar-refractivity contribution in [1.29, 1.82) is 0 Å². The first-order chi connectivity index (χ1) is 7.91. The lowest BCUT2D eigenvalue weighted by molar-refractivity contribution is 0.0687. The molecule has 17 heavy (non-hydrogen) atoms. The van der Waals surface area contributed by atoms with E-state index in [0.29, 0.717) is 16.1 Å². The summed E-state index contributed by atoms with van der Waals surface area (Å²) < 4.78 is 23.1. The Morgan fingerprint density at radius 3 is 2.76 bits per heavy atom. The molecule has 0 radical (unpaired) electrons. The van der Waals surface area contributed by atoms with E-state index in [-0.39, 0.29) is 11.6 Å². The van der Waals surface area contributed by atoms with Gasteiger partial charge in [0.2, 0.25) is 0 Å². The molecule has 0 amide bonds. The predicted molar refractivity (Wildman–Crippen MR) is 60.1 cm³/mol. The van der Waals surface area contributed by atoms with Crippen molar-refractivity contribution < 1.29 is 18.3 Å². The van der Waals surface area contributed by atoms with Crippen LogP contribution in [0.1, 0.15) is 28.4 Å². The highest BCUT2D eigenvalue weighted by atomic mass is 32.2. The molecule has 7 nitrogen and oxygen atoms in total. The van der Waals surface area contributed by atoms with Crippen molar-refractivity contribution in [1.82, 2.24) is 9.29 Å². The van der Waals surface area contributed by atoms with Crippen LogP contribution in [0.5, 0.6) is 0 Å². The van der Waals surface area contributed by atoms with Gasteiger partial charge in [-0.25, -0.2) is 13.9 Å². The summed E-state index contributed by atoms with van der Waals surface area (Å²) >= 11 is 0. The van der Waals surface area contributed by atoms with Crippen LogP contribution < -0.4 is 10.5 Å². The molecule has 1 aliphatic heterocycles. The van der Waals surface area contributed by atoms with Gasteiger partial charge in [-0.3, -0.25) is 0 Å². The van der Waals surface area contributed by atoms with Crippen LogP contribution in [0.2, 0.25) is 0 Å². The van der Waals surface area contributed by atoms with Gasteiger partial charge in [-0.05, 0) is 30.5 Å². The van der Waals surface area contributed by atoms with Crippen LogP contribution in [0, 0.1) is 0 Å². The molecule has 0 aliphatic carbocycles. The van der Waals surface area contributed by atoms with E-state index in [9.17, 15) is 13.2 Å². The van der Waals surface area contributed by atoms with Gasteiger partial charge in [0, 0.05) is 12.7 Å². The number of hydrogen-bond donors (Lipinski definition) is 3. The van der Waals surface area contributed by atoms with Crippen LogP contribution in [-0.4, -0.2) is 36.6 Å². The van der Waals surface area contributed by atoms with Gasteiger partial charge >= 0.3 is 16.2 Å². The molecule has 2 rings (SSSR count). The molecule has 1 aromatic rings. The second kappa shape index (κ2) is 4.13. The first-order valence-corrected chi connectivity index (χ1v) is 6.60. The van der Waals surface area contributed by atoms with E-state index < -0.39 is 16.2 Å². The molecular weight excluding hydrogens is 246 g/mol. The van der Waals surface area contributed by atoms with E-state index in [0.717, 1.165) is 13.0 Å². The van der Waals surface area contributed by atoms with E-state index in [1.807, 2.05) is 0 Å². The smallest absolute Gasteiger partial charge is 0.353 e. The van der Waals surface area contributed by atoms with Gasteiger partial charge in [0.15, 0.2) is 0 Å². The zero-order chi connectivity index (χ0) is 12.6. The van der Waals surface area contributed by atoms with E-state index >= 15 is 0 Å². The topological polar surface area (TPSA) is 114 Å². The Morgan fingerprint density at radius 2 is 2.29 bits per heavy atom. The van der Waals surface area contributed by atoms with Crippen LogP contribution in [0.15, 0.2) is 12.3 Å². The highest BCUT2D eigenvalue weighted by Crippen LogP contribution is 2.27. The number of aromatic nitrogens is 1. The van der Waals surface area contributed by atoms with Crippen molar-refractivity contribution in [2.24, 2.45) is 5.14 Å². The first kappa shape index (κ1) is 12.1. The number of carbonyl (C=O) groups is 1. The summed E-state index contributed by atoms with van der Waals surface area (Å²) in [6.07, 6.45) is 1.97. The summed E-state index contributed by atoms with van der Waals surface area (Å²) in [7, 11) is -4.07. The molecule has 1 atom stereocenters. The van der Waals surface area contributed by atoms with Gasteiger partial charge < -0.3 is 10.4 Å². The van der Waals surface area contributed by atoms with Crippen LogP contribution in [0.3, 0.4) is 0 Å². The molecule has 2 heterocycles. The quantitative estimate of drug-likeness (QED) is 0.665. The second-order valence-electron chi connectivity index (χ2n) is 3.96. The van der Waals surface area contributed by atoms with Crippen molar-refractivity contribution in [3.8, 4) is 0 Å². The van der Waals surface area contributed by atoms with Crippen LogP contribution in [0.25, 0.3) is 0 Å². The average molecular weight is 259 g/mol. The number of nitrogens with two attached hydrogens (primary N) is 1. The highest BCUT2D eigenvalue weighted by Gasteiger charge is 2.28. The van der Waals surface area contributed by atoms with E-state index in [4.69, 9.17) is 10.2 Å². The predicted octanol–water partition coefficient (Wildman–Crippen LogP) is -0.685. The summed E-state index contributed by atoms with van der Waals surface area (Å²) in [5, 5.41) is 17.2. The maximum Gasteiger partial charge on any atom is 0.353 e. The van der Waals surface area contributed by atoms with Crippen LogP contribution in [-0.2, 0) is 10.2 Å². The lowest BCUT2D eigenvalue weighted by Crippen LogP contribution is -2.25. The molecule has 8 heteroatoms. The third-order valence-electron chi connectivity index (χ3n) is 2.86. The average Bonchev–Trinajstić information content (AvgIpc) is 2.84. The summed E-state index contributed by atoms with van der Waals surface area (Å²) in [5.74, 6) is -1.27. The molecule has 1 saturated heterocycles. The number of carboxylic acid groups (broad SMARTS) is 1. The number of hydrogen-bond acceptors (Lipinski definition) is 4. The Balaban J connectivity index is 2.54. The lowest BCUT2D eigenvalue weighted by Gasteiger charge is -2.09. The zero-order valence-electron chi connectivity index (χ0n) is 8.96. The van der Waals surface area contributed by atoms with Crippen LogP contribution >= 0.6 is 0 Å². The Bertz CT molecular complexity index is 543. The standard InChI is InChI=1S/C9H13N3O4S/c10-17(15,16)12-4-2-7(8(12)9(13)14)6-1-3-11-5-6/h2,4,6,11H,1,3,5H2,(H,13,14)(H2,10,15,16). The van der Waals surface area contributed by atoms with Crippen molar-refractivity contribution >= 4 is 16.2 Å².